The Morgan fingerprint density at radius 2 is 2.37 bits per heavy atom. The van der Waals surface area contributed by atoms with E-state index in [0.29, 0.717) is 24.5 Å². The highest BCUT2D eigenvalue weighted by Crippen LogP contribution is 2.27. The molecule has 0 spiro atoms. The number of alkyl halides is 1. The van der Waals surface area contributed by atoms with Gasteiger partial charge in [0.1, 0.15) is 0 Å². The fourth-order valence-corrected chi connectivity index (χ4v) is 2.16. The van der Waals surface area contributed by atoms with Gasteiger partial charge in [0.25, 0.3) is 0 Å². The van der Waals surface area contributed by atoms with Crippen LogP contribution in [0.3, 0.4) is 0 Å². The normalized spacial score (nSPS) is 19.0. The van der Waals surface area contributed by atoms with Crippen LogP contribution in [0.2, 0.25) is 0 Å². The number of amides is 1. The fraction of sp³-hybridized carbons (Fsp3) is 0.583. The minimum Gasteiger partial charge on any atom is -0.460 e. The predicted octanol–water partition coefficient (Wildman–Crippen LogP) is 1.75. The van der Waals surface area contributed by atoms with Crippen LogP contribution in [0.25, 0.3) is 0 Å². The first-order valence-corrected chi connectivity index (χ1v) is 6.61. The summed E-state index contributed by atoms with van der Waals surface area (Å²) in [5.41, 5.74) is 0.413. The van der Waals surface area contributed by atoms with Gasteiger partial charge in [0, 0.05) is 18.8 Å². The number of carbonyl (C=O) groups excluding carboxylic acids is 2. The maximum atomic E-state index is 11.8. The number of anilines is 1. The van der Waals surface area contributed by atoms with Crippen molar-refractivity contribution in [3.8, 4) is 0 Å². The minimum atomic E-state index is -0.570. The number of aromatic nitrogens is 1. The fourth-order valence-electron chi connectivity index (χ4n) is 1.95. The molecule has 7 heteroatoms. The molecule has 0 aromatic carbocycles. The second kappa shape index (κ2) is 5.61. The Labute approximate surface area is 115 Å². The predicted molar refractivity (Wildman–Crippen MR) is 68.4 cm³/mol. The largest absolute Gasteiger partial charge is 0.460 e. The third-order valence-electron chi connectivity index (χ3n) is 2.90. The third-order valence-corrected chi connectivity index (χ3v) is 3.34. The van der Waals surface area contributed by atoms with E-state index in [0.717, 1.165) is 0 Å². The molecule has 1 aromatic heterocycles. The molecule has 1 atom stereocenters. The Kier molecular flexibility index (Phi) is 4.09. The van der Waals surface area contributed by atoms with Crippen LogP contribution in [0.4, 0.5) is 6.01 Å². The van der Waals surface area contributed by atoms with Crippen LogP contribution in [0.5, 0.6) is 0 Å². The summed E-state index contributed by atoms with van der Waals surface area (Å²) in [6.07, 6.45) is 0.375. The number of hydrogen-bond donors (Lipinski definition) is 0. The van der Waals surface area contributed by atoms with E-state index >= 15 is 0 Å². The van der Waals surface area contributed by atoms with Gasteiger partial charge in [-0.3, -0.25) is 9.69 Å². The Morgan fingerprint density at radius 1 is 1.63 bits per heavy atom. The van der Waals surface area contributed by atoms with Crippen molar-refractivity contribution in [1.29, 1.82) is 0 Å². The molecule has 1 amide bonds. The summed E-state index contributed by atoms with van der Waals surface area (Å²) >= 11 is 5.75. The number of ether oxygens (including phenoxy) is 1. The lowest BCUT2D eigenvalue weighted by atomic mass is 10.2. The van der Waals surface area contributed by atoms with Crippen LogP contribution >= 0.6 is 11.6 Å². The van der Waals surface area contributed by atoms with Gasteiger partial charge in [0.2, 0.25) is 11.7 Å². The monoisotopic (exact) mass is 286 g/mol. The maximum Gasteiger partial charge on any atom is 0.376 e. The Balaban J connectivity index is 2.20. The zero-order valence-corrected chi connectivity index (χ0v) is 11.6. The van der Waals surface area contributed by atoms with E-state index in [1.807, 2.05) is 0 Å². The van der Waals surface area contributed by atoms with E-state index in [1.54, 1.807) is 13.8 Å². The molecule has 104 valence electrons. The summed E-state index contributed by atoms with van der Waals surface area (Å²) in [5, 5.41) is 0. The van der Waals surface area contributed by atoms with Crippen molar-refractivity contribution in [3.63, 3.8) is 0 Å². The quantitative estimate of drug-likeness (QED) is 0.623. The molecule has 0 N–H and O–H groups in total. The van der Waals surface area contributed by atoms with Gasteiger partial charge in [-0.1, -0.05) is 0 Å². The van der Waals surface area contributed by atoms with Crippen molar-refractivity contribution >= 4 is 29.5 Å². The molecular weight excluding hydrogens is 272 g/mol. The van der Waals surface area contributed by atoms with Gasteiger partial charge >= 0.3 is 12.0 Å². The molecule has 0 saturated carbocycles. The minimum absolute atomic E-state index is 0.0407. The first-order chi connectivity index (χ1) is 9.06. The third kappa shape index (κ3) is 2.73. The molecular formula is C12H15ClN2O4. The number of aryl methyl sites for hydroxylation is 1. The van der Waals surface area contributed by atoms with Crippen molar-refractivity contribution in [3.05, 3.63) is 11.5 Å². The van der Waals surface area contributed by atoms with Gasteiger partial charge in [-0.2, -0.15) is 4.98 Å². The number of nitrogens with zero attached hydrogens (tertiary/aromatic N) is 2. The average Bonchev–Trinajstić information content (AvgIpc) is 2.92. The van der Waals surface area contributed by atoms with E-state index in [-0.39, 0.29) is 30.2 Å². The SMILES string of the molecule is CCOC(=O)c1oc(N2CC(CCl)CC2=O)nc1C. The lowest BCUT2D eigenvalue weighted by Crippen LogP contribution is -2.25. The van der Waals surface area contributed by atoms with Crippen LogP contribution in [0, 0.1) is 12.8 Å². The van der Waals surface area contributed by atoms with Crippen LogP contribution < -0.4 is 4.90 Å². The topological polar surface area (TPSA) is 72.6 Å². The molecule has 1 aromatic rings. The van der Waals surface area contributed by atoms with Crippen LogP contribution in [-0.2, 0) is 9.53 Å². The highest BCUT2D eigenvalue weighted by molar-refractivity contribution is 6.18. The molecule has 6 nitrogen and oxygen atoms in total. The second-order valence-corrected chi connectivity index (χ2v) is 4.67. The Morgan fingerprint density at radius 3 is 2.95 bits per heavy atom. The molecule has 0 radical (unpaired) electrons. The molecule has 2 heterocycles. The van der Waals surface area contributed by atoms with Crippen LogP contribution in [0.1, 0.15) is 29.6 Å². The van der Waals surface area contributed by atoms with Crippen LogP contribution in [0.15, 0.2) is 4.42 Å². The number of carbonyl (C=O) groups is 2. The van der Waals surface area contributed by atoms with Crippen LogP contribution in [-0.4, -0.2) is 35.9 Å². The summed E-state index contributed by atoms with van der Waals surface area (Å²) in [4.78, 5) is 29.0. The lowest BCUT2D eigenvalue weighted by molar-refractivity contribution is -0.117. The number of rotatable bonds is 4. The van der Waals surface area contributed by atoms with E-state index < -0.39 is 5.97 Å². The molecule has 0 bridgehead atoms. The molecule has 19 heavy (non-hydrogen) atoms. The first kappa shape index (κ1) is 13.9. The van der Waals surface area contributed by atoms with E-state index in [9.17, 15) is 9.59 Å². The van der Waals surface area contributed by atoms with Gasteiger partial charge in [0.05, 0.1) is 12.3 Å². The van der Waals surface area contributed by atoms with Crippen molar-refractivity contribution in [1.82, 2.24) is 4.98 Å². The van der Waals surface area contributed by atoms with Crippen molar-refractivity contribution in [2.24, 2.45) is 5.92 Å². The molecule has 1 unspecified atom stereocenters. The molecule has 1 saturated heterocycles. The molecule has 1 aliphatic rings. The van der Waals surface area contributed by atoms with Gasteiger partial charge in [-0.15, -0.1) is 11.6 Å². The zero-order chi connectivity index (χ0) is 14.0. The van der Waals surface area contributed by atoms with Crippen molar-refractivity contribution < 1.29 is 18.7 Å². The maximum absolute atomic E-state index is 11.8. The summed E-state index contributed by atoms with van der Waals surface area (Å²) < 4.78 is 10.2. The van der Waals surface area contributed by atoms with E-state index in [1.165, 1.54) is 4.90 Å². The first-order valence-electron chi connectivity index (χ1n) is 6.07. The molecule has 2 rings (SSSR count). The van der Waals surface area contributed by atoms with Gasteiger partial charge in [0.15, 0.2) is 0 Å². The van der Waals surface area contributed by atoms with E-state index in [4.69, 9.17) is 20.8 Å². The van der Waals surface area contributed by atoms with Crippen molar-refractivity contribution in [2.45, 2.75) is 20.3 Å². The number of hydrogen-bond acceptors (Lipinski definition) is 5. The highest BCUT2D eigenvalue weighted by Gasteiger charge is 2.34. The number of esters is 1. The summed E-state index contributed by atoms with van der Waals surface area (Å²) in [6.45, 7) is 4.06. The van der Waals surface area contributed by atoms with Crippen molar-refractivity contribution in [2.75, 3.05) is 23.9 Å². The average molecular weight is 287 g/mol. The summed E-state index contributed by atoms with van der Waals surface area (Å²) in [7, 11) is 0. The Bertz CT molecular complexity index is 500. The molecule has 1 fully saturated rings. The lowest BCUT2D eigenvalue weighted by Gasteiger charge is -2.10. The summed E-state index contributed by atoms with van der Waals surface area (Å²) in [6, 6.07) is 0.137. The highest BCUT2D eigenvalue weighted by atomic mass is 35.5. The standard InChI is InChI=1S/C12H15ClN2O4/c1-3-18-11(17)10-7(2)14-12(19-10)15-6-8(5-13)4-9(15)16/h8H,3-6H2,1-2H3. The van der Waals surface area contributed by atoms with Gasteiger partial charge in [-0.25, -0.2) is 4.79 Å². The Hall–Kier alpha value is -1.56. The molecule has 0 aliphatic carbocycles. The smallest absolute Gasteiger partial charge is 0.376 e. The van der Waals surface area contributed by atoms with Gasteiger partial charge in [-0.05, 0) is 19.8 Å². The summed E-state index contributed by atoms with van der Waals surface area (Å²) in [5.74, 6) is -0.125. The molecule has 1 aliphatic heterocycles. The second-order valence-electron chi connectivity index (χ2n) is 4.36. The number of oxazole rings is 1. The number of halogens is 1. The van der Waals surface area contributed by atoms with Gasteiger partial charge < -0.3 is 9.15 Å². The van der Waals surface area contributed by atoms with E-state index in [2.05, 4.69) is 4.98 Å². The zero-order valence-electron chi connectivity index (χ0n) is 10.8.